The Kier molecular flexibility index (Phi) is 4.83. The maximum atomic E-state index is 12.3. The Hall–Kier alpha value is -3.94. The van der Waals surface area contributed by atoms with Crippen molar-refractivity contribution in [3.8, 4) is 5.75 Å². The van der Waals surface area contributed by atoms with Crippen LogP contribution in [0.2, 0.25) is 0 Å². The molecule has 2 amide bonds. The lowest BCUT2D eigenvalue weighted by Crippen LogP contribution is -2.32. The Morgan fingerprint density at radius 3 is 2.33 bits per heavy atom. The van der Waals surface area contributed by atoms with Crippen LogP contribution >= 0.6 is 0 Å². The van der Waals surface area contributed by atoms with Crippen molar-refractivity contribution in [3.63, 3.8) is 0 Å². The number of nitrogens with zero attached hydrogens (tertiary/aromatic N) is 1. The molecule has 0 saturated heterocycles. The highest BCUT2D eigenvalue weighted by molar-refractivity contribution is 6.20. The molecule has 3 aromatic rings. The number of ether oxygens (including phenoxy) is 1. The van der Waals surface area contributed by atoms with E-state index in [1.165, 1.54) is 25.3 Å². The zero-order valence-electron chi connectivity index (χ0n) is 16.3. The third-order valence-corrected chi connectivity index (χ3v) is 4.90. The second-order valence-corrected chi connectivity index (χ2v) is 6.82. The molecule has 0 atom stereocenters. The molecule has 0 bridgehead atoms. The lowest BCUT2D eigenvalue weighted by Gasteiger charge is -2.14. The zero-order chi connectivity index (χ0) is 21.4. The van der Waals surface area contributed by atoms with Gasteiger partial charge in [0.1, 0.15) is 11.3 Å². The van der Waals surface area contributed by atoms with Crippen molar-refractivity contribution < 1.29 is 28.4 Å². The molecule has 0 saturated carbocycles. The van der Waals surface area contributed by atoms with E-state index in [0.717, 1.165) is 10.9 Å². The van der Waals surface area contributed by atoms with Crippen LogP contribution in [0.1, 0.15) is 38.3 Å². The van der Waals surface area contributed by atoms with Crippen molar-refractivity contribution >= 4 is 28.8 Å². The number of imide groups is 1. The molecule has 0 aliphatic carbocycles. The maximum Gasteiger partial charge on any atom is 0.336 e. The molecule has 1 aliphatic rings. The first kappa shape index (κ1) is 19.4. The molecule has 0 spiro atoms. The van der Waals surface area contributed by atoms with Crippen molar-refractivity contribution in [1.29, 1.82) is 0 Å². The summed E-state index contributed by atoms with van der Waals surface area (Å²) < 4.78 is 10.5. The number of carbonyl (C=O) groups is 3. The molecular weight excluding hydrogens is 390 g/mol. The van der Waals surface area contributed by atoms with Gasteiger partial charge in [-0.2, -0.15) is 0 Å². The van der Waals surface area contributed by atoms with E-state index in [2.05, 4.69) is 0 Å². The first-order valence-electron chi connectivity index (χ1n) is 9.19. The number of hydrogen-bond acceptors (Lipinski definition) is 7. The molecule has 2 heterocycles. The van der Waals surface area contributed by atoms with Gasteiger partial charge in [-0.1, -0.05) is 17.2 Å². The van der Waals surface area contributed by atoms with Gasteiger partial charge in [-0.3, -0.25) is 9.59 Å². The molecule has 1 aromatic heterocycles. The van der Waals surface area contributed by atoms with Gasteiger partial charge in [0, 0.05) is 17.5 Å². The van der Waals surface area contributed by atoms with Gasteiger partial charge in [-0.05, 0) is 42.7 Å². The molecule has 0 N–H and O–H groups in total. The quantitative estimate of drug-likeness (QED) is 0.473. The number of amides is 2. The number of hydrogen-bond donors (Lipinski definition) is 0. The monoisotopic (exact) mass is 407 g/mol. The second kappa shape index (κ2) is 7.47. The van der Waals surface area contributed by atoms with Crippen LogP contribution in [0.5, 0.6) is 5.75 Å². The zero-order valence-corrected chi connectivity index (χ0v) is 16.3. The summed E-state index contributed by atoms with van der Waals surface area (Å²) in [4.78, 5) is 53.5. The fraction of sp³-hybridized carbons (Fsp3) is 0.182. The summed E-state index contributed by atoms with van der Waals surface area (Å²) in [7, 11) is 1.47. The van der Waals surface area contributed by atoms with Crippen LogP contribution in [0.4, 0.5) is 0 Å². The van der Waals surface area contributed by atoms with Gasteiger partial charge in [-0.15, -0.1) is 0 Å². The van der Waals surface area contributed by atoms with Gasteiger partial charge in [0.05, 0.1) is 24.7 Å². The molecule has 152 valence electrons. The minimum Gasteiger partial charge on any atom is -0.496 e. The molecule has 1 aliphatic heterocycles. The highest BCUT2D eigenvalue weighted by atomic mass is 16.7. The van der Waals surface area contributed by atoms with E-state index < -0.39 is 23.4 Å². The van der Waals surface area contributed by atoms with E-state index in [0.29, 0.717) is 22.0 Å². The van der Waals surface area contributed by atoms with Gasteiger partial charge < -0.3 is 14.0 Å². The molecule has 8 nitrogen and oxygen atoms in total. The van der Waals surface area contributed by atoms with Crippen LogP contribution in [-0.4, -0.2) is 30.0 Å². The average Bonchev–Trinajstić information content (AvgIpc) is 2.97. The summed E-state index contributed by atoms with van der Waals surface area (Å²) in [5.41, 5.74) is 1.75. The highest BCUT2D eigenvalue weighted by Gasteiger charge is 2.38. The van der Waals surface area contributed by atoms with Crippen molar-refractivity contribution in [3.05, 3.63) is 75.1 Å². The van der Waals surface area contributed by atoms with Crippen LogP contribution in [0.15, 0.2) is 51.7 Å². The van der Waals surface area contributed by atoms with E-state index in [1.54, 1.807) is 31.2 Å². The third-order valence-electron chi connectivity index (χ3n) is 4.90. The van der Waals surface area contributed by atoms with Gasteiger partial charge in [0.15, 0.2) is 0 Å². The SMILES string of the molecule is COc1cc2oc(=O)cc(C)c2cc1CCC(=O)ON1C(=O)c2ccccc2C1=O. The topological polar surface area (TPSA) is 103 Å². The van der Waals surface area contributed by atoms with Gasteiger partial charge in [0.25, 0.3) is 11.8 Å². The van der Waals surface area contributed by atoms with E-state index in [1.807, 2.05) is 0 Å². The number of aryl methyl sites for hydroxylation is 2. The minimum atomic E-state index is -0.733. The first-order valence-corrected chi connectivity index (χ1v) is 9.19. The smallest absolute Gasteiger partial charge is 0.336 e. The summed E-state index contributed by atoms with van der Waals surface area (Å²) in [5.74, 6) is -1.62. The summed E-state index contributed by atoms with van der Waals surface area (Å²) in [6, 6.07) is 11.0. The third kappa shape index (κ3) is 3.32. The second-order valence-electron chi connectivity index (χ2n) is 6.82. The first-order chi connectivity index (χ1) is 14.4. The molecule has 0 unspecified atom stereocenters. The number of methoxy groups -OCH3 is 1. The molecule has 0 fully saturated rings. The Labute approximate surface area is 170 Å². The molecule has 2 aromatic carbocycles. The number of benzene rings is 2. The summed E-state index contributed by atoms with van der Waals surface area (Å²) in [5, 5.41) is 1.21. The van der Waals surface area contributed by atoms with Crippen LogP contribution in [0, 0.1) is 6.92 Å². The normalized spacial score (nSPS) is 12.9. The molecule has 30 heavy (non-hydrogen) atoms. The van der Waals surface area contributed by atoms with Gasteiger partial charge in [-0.25, -0.2) is 9.59 Å². The number of hydroxylamine groups is 2. The number of carbonyl (C=O) groups excluding carboxylic acids is 3. The predicted molar refractivity (Wildman–Crippen MR) is 105 cm³/mol. The predicted octanol–water partition coefficient (Wildman–Crippen LogP) is 2.80. The molecule has 8 heteroatoms. The Morgan fingerprint density at radius 2 is 1.70 bits per heavy atom. The molecular formula is C22H17NO7. The van der Waals surface area contributed by atoms with Crippen LogP contribution in [0.25, 0.3) is 11.0 Å². The minimum absolute atomic E-state index is 0.0922. The largest absolute Gasteiger partial charge is 0.496 e. The molecule has 4 rings (SSSR count). The maximum absolute atomic E-state index is 12.3. The van der Waals surface area contributed by atoms with Crippen molar-refractivity contribution in [2.24, 2.45) is 0 Å². The Balaban J connectivity index is 1.50. The molecule has 0 radical (unpaired) electrons. The van der Waals surface area contributed by atoms with Crippen molar-refractivity contribution in [2.45, 2.75) is 19.8 Å². The van der Waals surface area contributed by atoms with Crippen LogP contribution in [-0.2, 0) is 16.1 Å². The lowest BCUT2D eigenvalue weighted by atomic mass is 10.0. The van der Waals surface area contributed by atoms with Gasteiger partial charge >= 0.3 is 11.6 Å². The fourth-order valence-corrected chi connectivity index (χ4v) is 3.41. The Bertz CT molecular complexity index is 1220. The summed E-state index contributed by atoms with van der Waals surface area (Å²) >= 11 is 0. The van der Waals surface area contributed by atoms with E-state index in [-0.39, 0.29) is 24.0 Å². The van der Waals surface area contributed by atoms with E-state index in [9.17, 15) is 19.2 Å². The summed E-state index contributed by atoms with van der Waals surface area (Å²) in [6.07, 6.45) is 0.144. The van der Waals surface area contributed by atoms with Gasteiger partial charge in [0.2, 0.25) is 0 Å². The Morgan fingerprint density at radius 1 is 1.03 bits per heavy atom. The van der Waals surface area contributed by atoms with Crippen molar-refractivity contribution in [2.75, 3.05) is 7.11 Å². The number of rotatable bonds is 5. The van der Waals surface area contributed by atoms with E-state index >= 15 is 0 Å². The lowest BCUT2D eigenvalue weighted by molar-refractivity contribution is -0.168. The van der Waals surface area contributed by atoms with E-state index in [4.69, 9.17) is 14.0 Å². The standard InChI is InChI=1S/C22H17NO7/c1-12-9-20(25)29-18-11-17(28-2)13(10-16(12)18)7-8-19(24)30-23-21(26)14-5-3-4-6-15(14)22(23)27/h3-6,9-11H,7-8H2,1-2H3. The fourth-order valence-electron chi connectivity index (χ4n) is 3.41. The summed E-state index contributed by atoms with van der Waals surface area (Å²) in [6.45, 7) is 1.78. The highest BCUT2D eigenvalue weighted by Crippen LogP contribution is 2.28. The average molecular weight is 407 g/mol. The van der Waals surface area contributed by atoms with Crippen molar-refractivity contribution in [1.82, 2.24) is 5.06 Å². The van der Waals surface area contributed by atoms with Crippen LogP contribution < -0.4 is 10.4 Å². The van der Waals surface area contributed by atoms with Crippen LogP contribution in [0.3, 0.4) is 0 Å². The number of fused-ring (bicyclic) bond motifs is 2.